The van der Waals surface area contributed by atoms with Gasteiger partial charge in [0.15, 0.2) is 0 Å². The number of hydrogen-bond acceptors (Lipinski definition) is 3. The molecule has 1 amide bonds. The summed E-state index contributed by atoms with van der Waals surface area (Å²) in [5.41, 5.74) is 3.42. The van der Waals surface area contributed by atoms with E-state index in [-0.39, 0.29) is 11.8 Å². The summed E-state index contributed by atoms with van der Waals surface area (Å²) >= 11 is 0. The maximum Gasteiger partial charge on any atom is 0.253 e. The zero-order valence-electron chi connectivity index (χ0n) is 23.5. The van der Waals surface area contributed by atoms with Gasteiger partial charge in [0, 0.05) is 43.2 Å². The largest absolute Gasteiger partial charge is 0.497 e. The molecule has 3 aliphatic heterocycles. The van der Waals surface area contributed by atoms with Crippen molar-refractivity contribution in [2.75, 3.05) is 26.7 Å². The number of amides is 1. The number of carbonyl (C=O) groups excluding carboxylic acids is 1. The second kappa shape index (κ2) is 12.5. The molecule has 3 heterocycles. The highest BCUT2D eigenvalue weighted by atomic mass is 16.5. The van der Waals surface area contributed by atoms with E-state index in [1.54, 1.807) is 7.11 Å². The molecule has 3 fully saturated rings. The predicted octanol–water partition coefficient (Wildman–Crippen LogP) is 7.30. The van der Waals surface area contributed by atoms with Crippen LogP contribution in [0.1, 0.15) is 92.1 Å². The second-order valence-corrected chi connectivity index (χ2v) is 11.9. The van der Waals surface area contributed by atoms with Crippen LogP contribution >= 0.6 is 0 Å². The fourth-order valence-electron chi connectivity index (χ4n) is 7.53. The monoisotopic (exact) mass is 514 g/mol. The average Bonchev–Trinajstić information content (AvgIpc) is 3.24. The maximum absolute atomic E-state index is 13.2. The first-order valence-corrected chi connectivity index (χ1v) is 15.0. The molecule has 5 unspecified atom stereocenters. The summed E-state index contributed by atoms with van der Waals surface area (Å²) in [7, 11) is 1.75. The Balaban J connectivity index is 1.41. The number of carbonyl (C=O) groups is 1. The predicted molar refractivity (Wildman–Crippen MR) is 156 cm³/mol. The quantitative estimate of drug-likeness (QED) is 0.347. The zero-order valence-corrected chi connectivity index (χ0v) is 23.5. The minimum Gasteiger partial charge on any atom is -0.497 e. The number of rotatable bonds is 8. The highest BCUT2D eigenvalue weighted by Crippen LogP contribution is 2.45. The van der Waals surface area contributed by atoms with Crippen molar-refractivity contribution < 1.29 is 9.53 Å². The van der Waals surface area contributed by atoms with E-state index in [4.69, 9.17) is 4.74 Å². The Morgan fingerprint density at radius 1 is 0.974 bits per heavy atom. The number of nitrogens with zero attached hydrogens (tertiary/aromatic N) is 2. The van der Waals surface area contributed by atoms with Crippen LogP contribution in [0.15, 0.2) is 61.2 Å². The summed E-state index contributed by atoms with van der Waals surface area (Å²) < 4.78 is 5.62. The number of piperidine rings is 2. The van der Waals surface area contributed by atoms with Gasteiger partial charge in [-0.05, 0) is 92.2 Å². The molecule has 4 heteroatoms. The van der Waals surface area contributed by atoms with Gasteiger partial charge in [0.25, 0.3) is 5.91 Å². The van der Waals surface area contributed by atoms with Crippen molar-refractivity contribution in [3.8, 4) is 5.75 Å². The van der Waals surface area contributed by atoms with E-state index >= 15 is 0 Å². The van der Waals surface area contributed by atoms with Gasteiger partial charge in [-0.3, -0.25) is 9.69 Å². The third-order valence-corrected chi connectivity index (χ3v) is 9.63. The Morgan fingerprint density at radius 2 is 1.71 bits per heavy atom. The van der Waals surface area contributed by atoms with Gasteiger partial charge < -0.3 is 9.64 Å². The summed E-state index contributed by atoms with van der Waals surface area (Å²) in [4.78, 5) is 18.1. The molecule has 0 aliphatic carbocycles. The molecule has 204 valence electrons. The van der Waals surface area contributed by atoms with Crippen molar-refractivity contribution in [3.05, 3.63) is 77.9 Å². The first-order valence-electron chi connectivity index (χ1n) is 15.0. The van der Waals surface area contributed by atoms with E-state index in [1.807, 2.05) is 6.07 Å². The third-order valence-electron chi connectivity index (χ3n) is 9.63. The lowest BCUT2D eigenvalue weighted by atomic mass is 9.69. The molecule has 2 aromatic rings. The lowest BCUT2D eigenvalue weighted by molar-refractivity contribution is -0.0216. The molecule has 3 saturated heterocycles. The summed E-state index contributed by atoms with van der Waals surface area (Å²) in [6, 6.07) is 18.5. The average molecular weight is 515 g/mol. The molecule has 0 aromatic heterocycles. The van der Waals surface area contributed by atoms with Crippen LogP contribution in [0.5, 0.6) is 5.75 Å². The molecule has 2 aromatic carbocycles. The van der Waals surface area contributed by atoms with E-state index < -0.39 is 0 Å². The Morgan fingerprint density at radius 3 is 2.42 bits per heavy atom. The molecule has 38 heavy (non-hydrogen) atoms. The lowest BCUT2D eigenvalue weighted by Gasteiger charge is -2.53. The minimum atomic E-state index is 0.186. The molecule has 5 atom stereocenters. The first-order chi connectivity index (χ1) is 18.6. The van der Waals surface area contributed by atoms with E-state index in [2.05, 4.69) is 71.8 Å². The SMILES string of the molecule is C=CCN1C2CCC(CC(c3ccc(C(=O)N4CCCCCC4)cc3)c3cccc(OC)c3)C1CCC2C. The van der Waals surface area contributed by atoms with Gasteiger partial charge in [0.1, 0.15) is 5.75 Å². The molecular weight excluding hydrogens is 468 g/mol. The number of likely N-dealkylation sites (tertiary alicyclic amines) is 1. The molecule has 5 rings (SSSR count). The molecule has 0 spiro atoms. The third kappa shape index (κ3) is 5.86. The van der Waals surface area contributed by atoms with Crippen molar-refractivity contribution in [2.45, 2.75) is 82.7 Å². The highest BCUT2D eigenvalue weighted by Gasteiger charge is 2.42. The van der Waals surface area contributed by atoms with Crippen LogP contribution in [-0.2, 0) is 0 Å². The van der Waals surface area contributed by atoms with Gasteiger partial charge in [-0.15, -0.1) is 6.58 Å². The summed E-state index contributed by atoms with van der Waals surface area (Å²) in [5, 5.41) is 0. The van der Waals surface area contributed by atoms with E-state index in [9.17, 15) is 4.79 Å². The van der Waals surface area contributed by atoms with Crippen molar-refractivity contribution in [1.82, 2.24) is 9.80 Å². The van der Waals surface area contributed by atoms with E-state index in [0.29, 0.717) is 18.0 Å². The Bertz CT molecular complexity index is 1070. The zero-order chi connectivity index (χ0) is 26.5. The fourth-order valence-corrected chi connectivity index (χ4v) is 7.53. The van der Waals surface area contributed by atoms with Crippen molar-refractivity contribution in [3.63, 3.8) is 0 Å². The van der Waals surface area contributed by atoms with Crippen LogP contribution in [0, 0.1) is 11.8 Å². The molecular formula is C34H46N2O2. The Kier molecular flexibility index (Phi) is 8.89. The van der Waals surface area contributed by atoms with Crippen molar-refractivity contribution in [2.24, 2.45) is 11.8 Å². The Hall–Kier alpha value is -2.59. The molecule has 0 saturated carbocycles. The first kappa shape index (κ1) is 27.0. The molecule has 2 bridgehead atoms. The summed E-state index contributed by atoms with van der Waals surface area (Å²) in [6.07, 6.45) is 13.1. The van der Waals surface area contributed by atoms with Crippen LogP contribution in [0.3, 0.4) is 0 Å². The normalized spacial score (nSPS) is 26.8. The van der Waals surface area contributed by atoms with Crippen molar-refractivity contribution >= 4 is 5.91 Å². The maximum atomic E-state index is 13.2. The van der Waals surface area contributed by atoms with Crippen LogP contribution in [0.4, 0.5) is 0 Å². The van der Waals surface area contributed by atoms with Crippen LogP contribution in [-0.4, -0.2) is 54.5 Å². The highest BCUT2D eigenvalue weighted by molar-refractivity contribution is 5.94. The minimum absolute atomic E-state index is 0.186. The number of fused-ring (bicyclic) bond motifs is 2. The topological polar surface area (TPSA) is 32.8 Å². The second-order valence-electron chi connectivity index (χ2n) is 11.9. The molecule has 3 aliphatic rings. The molecule has 0 N–H and O–H groups in total. The number of hydrogen-bond donors (Lipinski definition) is 0. The lowest BCUT2D eigenvalue weighted by Crippen LogP contribution is -2.56. The van der Waals surface area contributed by atoms with Gasteiger partial charge >= 0.3 is 0 Å². The van der Waals surface area contributed by atoms with Gasteiger partial charge in [-0.1, -0.05) is 50.1 Å². The summed E-state index contributed by atoms with van der Waals surface area (Å²) in [5.74, 6) is 2.79. The van der Waals surface area contributed by atoms with E-state index in [1.165, 1.54) is 49.7 Å². The smallest absolute Gasteiger partial charge is 0.253 e. The molecule has 0 radical (unpaired) electrons. The molecule has 4 nitrogen and oxygen atoms in total. The Labute approximate surface area is 230 Å². The number of methoxy groups -OCH3 is 1. The van der Waals surface area contributed by atoms with E-state index in [0.717, 1.165) is 56.1 Å². The van der Waals surface area contributed by atoms with Gasteiger partial charge in [-0.25, -0.2) is 0 Å². The van der Waals surface area contributed by atoms with Crippen LogP contribution in [0.2, 0.25) is 0 Å². The summed E-state index contributed by atoms with van der Waals surface area (Å²) in [6.45, 7) is 9.28. The van der Waals surface area contributed by atoms with Gasteiger partial charge in [-0.2, -0.15) is 0 Å². The fraction of sp³-hybridized carbons (Fsp3) is 0.559. The standard InChI is InChI=1S/C34H46N2O2/c1-4-20-36-32-19-17-29(33(36)18-12-25(32)2)24-31(28-10-9-11-30(23-28)38-3)26-13-15-27(16-14-26)34(37)35-21-7-5-6-8-22-35/h4,9-11,13-16,23,25,29,31-33H,1,5-8,12,17-22,24H2,2-3H3. The number of ether oxygens (including phenoxy) is 1. The number of benzene rings is 2. The van der Waals surface area contributed by atoms with Gasteiger partial charge in [0.05, 0.1) is 7.11 Å². The van der Waals surface area contributed by atoms with Crippen molar-refractivity contribution in [1.29, 1.82) is 0 Å². The van der Waals surface area contributed by atoms with Crippen LogP contribution in [0.25, 0.3) is 0 Å². The van der Waals surface area contributed by atoms with Crippen LogP contribution < -0.4 is 4.74 Å². The van der Waals surface area contributed by atoms with Gasteiger partial charge in [0.2, 0.25) is 0 Å².